The summed E-state index contributed by atoms with van der Waals surface area (Å²) < 4.78 is 14.4. The summed E-state index contributed by atoms with van der Waals surface area (Å²) in [6.07, 6.45) is 0.566. The van der Waals surface area contributed by atoms with E-state index in [0.29, 0.717) is 5.92 Å². The van der Waals surface area contributed by atoms with Crippen molar-refractivity contribution in [3.8, 4) is 0 Å². The Balaban J connectivity index is 2.28. The molecule has 0 aromatic heterocycles. The van der Waals surface area contributed by atoms with Gasteiger partial charge in [-0.15, -0.1) is 0 Å². The molecule has 0 radical (unpaired) electrons. The lowest BCUT2D eigenvalue weighted by molar-refractivity contribution is 0.181. The first kappa shape index (κ1) is 7.22. The topological polar surface area (TPSA) is 66.8 Å². The van der Waals surface area contributed by atoms with Crippen molar-refractivity contribution in [3.05, 3.63) is 0 Å². The summed E-state index contributed by atoms with van der Waals surface area (Å²) in [7, 11) is -4.20. The van der Waals surface area contributed by atoms with Crippen molar-refractivity contribution in [2.24, 2.45) is 5.92 Å². The molecule has 2 N–H and O–H groups in total. The van der Waals surface area contributed by atoms with Gasteiger partial charge in [0.1, 0.15) is 0 Å². The third kappa shape index (κ3) is 2.45. The average Bonchev–Trinajstić information content (AvgIpc) is 2.13. The van der Waals surface area contributed by atoms with Gasteiger partial charge in [-0.05, 0) is 12.3 Å². The Bertz CT molecular complexity index is 151. The number of phosphoric ester groups is 1. The zero-order valence-corrected chi connectivity index (χ0v) is 5.91. The maximum absolute atomic E-state index is 10.1. The van der Waals surface area contributed by atoms with Crippen molar-refractivity contribution < 1.29 is 18.9 Å². The third-order valence-corrected chi connectivity index (χ3v) is 1.85. The van der Waals surface area contributed by atoms with Crippen LogP contribution in [0.1, 0.15) is 13.3 Å². The molecule has 0 heterocycles. The third-order valence-electron chi connectivity index (χ3n) is 1.31. The molecular weight excluding hydrogens is 143 g/mol. The molecule has 2 atom stereocenters. The molecule has 1 aliphatic rings. The first-order chi connectivity index (χ1) is 3.99. The van der Waals surface area contributed by atoms with Crippen LogP contribution >= 0.6 is 7.82 Å². The van der Waals surface area contributed by atoms with Gasteiger partial charge in [0.25, 0.3) is 0 Å². The van der Waals surface area contributed by atoms with Gasteiger partial charge in [-0.25, -0.2) is 4.57 Å². The van der Waals surface area contributed by atoms with Gasteiger partial charge in [-0.2, -0.15) is 0 Å². The summed E-state index contributed by atoms with van der Waals surface area (Å²) in [5, 5.41) is 0. The first-order valence-corrected chi connectivity index (χ1v) is 4.26. The predicted molar refractivity (Wildman–Crippen MR) is 30.7 cm³/mol. The zero-order chi connectivity index (χ0) is 7.07. The second-order valence-corrected chi connectivity index (χ2v) is 3.54. The fraction of sp³-hybridized carbons (Fsp3) is 1.00. The van der Waals surface area contributed by atoms with Gasteiger partial charge < -0.3 is 9.79 Å². The van der Waals surface area contributed by atoms with Crippen LogP contribution in [-0.2, 0) is 9.09 Å². The van der Waals surface area contributed by atoms with E-state index in [4.69, 9.17) is 9.79 Å². The smallest absolute Gasteiger partial charge is 0.303 e. The Morgan fingerprint density at radius 2 is 2.11 bits per heavy atom. The van der Waals surface area contributed by atoms with Gasteiger partial charge in [-0.1, -0.05) is 6.92 Å². The Morgan fingerprint density at radius 3 is 2.22 bits per heavy atom. The quantitative estimate of drug-likeness (QED) is 0.565. The second-order valence-electron chi connectivity index (χ2n) is 2.35. The number of rotatable bonds is 2. The van der Waals surface area contributed by atoms with Gasteiger partial charge >= 0.3 is 7.82 Å². The fourth-order valence-corrected chi connectivity index (χ4v) is 1.26. The largest absolute Gasteiger partial charge is 0.469 e. The fourth-order valence-electron chi connectivity index (χ4n) is 0.611. The Morgan fingerprint density at radius 1 is 1.67 bits per heavy atom. The van der Waals surface area contributed by atoms with Gasteiger partial charge in [-0.3, -0.25) is 4.52 Å². The SMILES string of the molecule is CC1CC1OP(=O)(O)O. The molecule has 1 aliphatic carbocycles. The van der Waals surface area contributed by atoms with E-state index in [1.165, 1.54) is 0 Å². The molecule has 0 bridgehead atoms. The van der Waals surface area contributed by atoms with Crippen LogP contribution in [-0.4, -0.2) is 15.9 Å². The van der Waals surface area contributed by atoms with Crippen LogP contribution in [0.3, 0.4) is 0 Å². The minimum Gasteiger partial charge on any atom is -0.303 e. The minimum atomic E-state index is -4.20. The Kier molecular flexibility index (Phi) is 1.65. The zero-order valence-electron chi connectivity index (χ0n) is 5.02. The molecule has 4 nitrogen and oxygen atoms in total. The lowest BCUT2D eigenvalue weighted by Gasteiger charge is -2.01. The standard InChI is InChI=1S/C4H9O4P/c1-3-2-4(3)8-9(5,6)7/h3-4H,2H2,1H3,(H2,5,6,7). The predicted octanol–water partition coefficient (Wildman–Crippen LogP) is 0.504. The highest BCUT2D eigenvalue weighted by molar-refractivity contribution is 7.46. The molecule has 1 rings (SSSR count). The van der Waals surface area contributed by atoms with Crippen molar-refractivity contribution in [2.45, 2.75) is 19.4 Å². The van der Waals surface area contributed by atoms with Crippen LogP contribution in [0.25, 0.3) is 0 Å². The summed E-state index contributed by atoms with van der Waals surface area (Å²) >= 11 is 0. The molecule has 0 aromatic rings. The molecule has 0 saturated heterocycles. The maximum Gasteiger partial charge on any atom is 0.469 e. The number of hydrogen-bond acceptors (Lipinski definition) is 2. The summed E-state index contributed by atoms with van der Waals surface area (Å²) in [6, 6.07) is 0. The van der Waals surface area contributed by atoms with E-state index in [1.54, 1.807) is 0 Å². The molecule has 0 amide bonds. The normalized spacial score (nSPS) is 34.6. The molecule has 9 heavy (non-hydrogen) atoms. The van der Waals surface area contributed by atoms with E-state index >= 15 is 0 Å². The monoisotopic (exact) mass is 152 g/mol. The van der Waals surface area contributed by atoms with Crippen LogP contribution in [0.15, 0.2) is 0 Å². The lowest BCUT2D eigenvalue weighted by atomic mass is 10.5. The molecular formula is C4H9O4P. The van der Waals surface area contributed by atoms with Crippen molar-refractivity contribution in [1.82, 2.24) is 0 Å². The number of hydrogen-bond donors (Lipinski definition) is 2. The second kappa shape index (κ2) is 2.06. The molecule has 2 unspecified atom stereocenters. The molecule has 5 heteroatoms. The summed E-state index contributed by atoms with van der Waals surface area (Å²) in [5.41, 5.74) is 0. The minimum absolute atomic E-state index is 0.203. The lowest BCUT2D eigenvalue weighted by Crippen LogP contribution is -1.91. The van der Waals surface area contributed by atoms with E-state index in [-0.39, 0.29) is 6.10 Å². The van der Waals surface area contributed by atoms with Crippen LogP contribution in [0, 0.1) is 5.92 Å². The molecule has 0 aliphatic heterocycles. The van der Waals surface area contributed by atoms with Gasteiger partial charge in [0.2, 0.25) is 0 Å². The van der Waals surface area contributed by atoms with E-state index in [9.17, 15) is 4.57 Å². The first-order valence-electron chi connectivity index (χ1n) is 2.73. The highest BCUT2D eigenvalue weighted by Gasteiger charge is 2.38. The molecule has 54 valence electrons. The van der Waals surface area contributed by atoms with Crippen molar-refractivity contribution in [1.29, 1.82) is 0 Å². The van der Waals surface area contributed by atoms with E-state index in [1.807, 2.05) is 6.92 Å². The van der Waals surface area contributed by atoms with E-state index in [0.717, 1.165) is 6.42 Å². The highest BCUT2D eigenvalue weighted by atomic mass is 31.2. The summed E-state index contributed by atoms with van der Waals surface area (Å²) in [5.74, 6) is 0.317. The maximum atomic E-state index is 10.1. The van der Waals surface area contributed by atoms with Crippen LogP contribution in [0.4, 0.5) is 0 Å². The Labute approximate surface area is 53.1 Å². The number of phosphoric acid groups is 1. The molecule has 0 aromatic carbocycles. The van der Waals surface area contributed by atoms with Gasteiger partial charge in [0, 0.05) is 0 Å². The molecule has 1 saturated carbocycles. The van der Waals surface area contributed by atoms with Crippen LogP contribution in [0.2, 0.25) is 0 Å². The van der Waals surface area contributed by atoms with Crippen molar-refractivity contribution >= 4 is 7.82 Å². The molecule has 1 fully saturated rings. The highest BCUT2D eigenvalue weighted by Crippen LogP contribution is 2.46. The summed E-state index contributed by atoms with van der Waals surface area (Å²) in [4.78, 5) is 16.5. The van der Waals surface area contributed by atoms with Gasteiger partial charge in [0.15, 0.2) is 0 Å². The average molecular weight is 152 g/mol. The van der Waals surface area contributed by atoms with Crippen LogP contribution < -0.4 is 0 Å². The van der Waals surface area contributed by atoms with Crippen molar-refractivity contribution in [3.63, 3.8) is 0 Å². The van der Waals surface area contributed by atoms with E-state index in [2.05, 4.69) is 4.52 Å². The van der Waals surface area contributed by atoms with Crippen LogP contribution in [0.5, 0.6) is 0 Å². The summed E-state index contributed by atoms with van der Waals surface area (Å²) in [6.45, 7) is 1.89. The Hall–Kier alpha value is 0.110. The van der Waals surface area contributed by atoms with E-state index < -0.39 is 7.82 Å². The molecule has 0 spiro atoms. The van der Waals surface area contributed by atoms with Crippen molar-refractivity contribution in [2.75, 3.05) is 0 Å². The van der Waals surface area contributed by atoms with Gasteiger partial charge in [0.05, 0.1) is 6.10 Å².